The lowest BCUT2D eigenvalue weighted by molar-refractivity contribution is 0.373. The summed E-state index contributed by atoms with van der Waals surface area (Å²) in [5.74, 6) is 1.29. The van der Waals surface area contributed by atoms with Gasteiger partial charge in [0, 0.05) is 17.0 Å². The fraction of sp³-hybridized carbons (Fsp3) is 0.125. The van der Waals surface area contributed by atoms with Gasteiger partial charge in [-0.1, -0.05) is 12.1 Å². The molecule has 4 heteroatoms. The highest BCUT2D eigenvalue weighted by atomic mass is 16.5. The maximum atomic E-state index is 9.89. The molecule has 3 aromatic rings. The molecule has 0 aliphatic carbocycles. The predicted molar refractivity (Wildman–Crippen MR) is 76.4 cm³/mol. The van der Waals surface area contributed by atoms with E-state index in [2.05, 4.69) is 0 Å². The van der Waals surface area contributed by atoms with Crippen molar-refractivity contribution in [3.05, 3.63) is 42.7 Å². The summed E-state index contributed by atoms with van der Waals surface area (Å²) < 4.78 is 15.8. The van der Waals surface area contributed by atoms with E-state index in [-0.39, 0.29) is 5.75 Å². The molecular formula is C16H14O4. The zero-order valence-corrected chi connectivity index (χ0v) is 11.2. The van der Waals surface area contributed by atoms with E-state index in [1.165, 1.54) is 7.11 Å². The zero-order chi connectivity index (χ0) is 14.1. The monoisotopic (exact) mass is 270 g/mol. The molecule has 20 heavy (non-hydrogen) atoms. The third-order valence-corrected chi connectivity index (χ3v) is 3.28. The maximum Gasteiger partial charge on any atom is 0.164 e. The van der Waals surface area contributed by atoms with Crippen molar-refractivity contribution in [3.8, 4) is 28.4 Å². The Morgan fingerprint density at radius 2 is 1.75 bits per heavy atom. The second-order valence-corrected chi connectivity index (χ2v) is 4.40. The fourth-order valence-electron chi connectivity index (χ4n) is 2.20. The van der Waals surface area contributed by atoms with Crippen LogP contribution in [0.5, 0.6) is 17.2 Å². The molecule has 1 heterocycles. The van der Waals surface area contributed by atoms with Gasteiger partial charge in [-0.3, -0.25) is 0 Å². The first-order chi connectivity index (χ1) is 9.72. The van der Waals surface area contributed by atoms with Crippen LogP contribution in [0, 0.1) is 0 Å². The minimum Gasteiger partial charge on any atom is -0.504 e. The lowest BCUT2D eigenvalue weighted by Crippen LogP contribution is -1.84. The first-order valence-electron chi connectivity index (χ1n) is 6.15. The molecule has 0 radical (unpaired) electrons. The number of ether oxygens (including phenoxy) is 2. The summed E-state index contributed by atoms with van der Waals surface area (Å²) in [5.41, 5.74) is 2.58. The smallest absolute Gasteiger partial charge is 0.164 e. The average molecular weight is 270 g/mol. The Morgan fingerprint density at radius 1 is 1.00 bits per heavy atom. The van der Waals surface area contributed by atoms with Crippen LogP contribution < -0.4 is 9.47 Å². The van der Waals surface area contributed by atoms with Crippen molar-refractivity contribution in [2.45, 2.75) is 0 Å². The van der Waals surface area contributed by atoms with Crippen LogP contribution in [0.1, 0.15) is 0 Å². The summed E-state index contributed by atoms with van der Waals surface area (Å²) in [5, 5.41) is 10.7. The molecule has 0 amide bonds. The number of benzene rings is 2. The molecule has 4 nitrogen and oxygen atoms in total. The SMILES string of the molecule is COc1ccc(-c2coc3cc(OC)c(O)cc23)cc1. The summed E-state index contributed by atoms with van der Waals surface area (Å²) >= 11 is 0. The molecule has 0 atom stereocenters. The van der Waals surface area contributed by atoms with Crippen molar-refractivity contribution in [1.82, 2.24) is 0 Å². The van der Waals surface area contributed by atoms with Gasteiger partial charge >= 0.3 is 0 Å². The Hall–Kier alpha value is -2.62. The van der Waals surface area contributed by atoms with Crippen molar-refractivity contribution in [2.75, 3.05) is 14.2 Å². The Bertz CT molecular complexity index is 741. The van der Waals surface area contributed by atoms with Gasteiger partial charge < -0.3 is 19.0 Å². The fourth-order valence-corrected chi connectivity index (χ4v) is 2.20. The van der Waals surface area contributed by atoms with E-state index in [4.69, 9.17) is 13.9 Å². The van der Waals surface area contributed by atoms with Crippen molar-refractivity contribution < 1.29 is 19.0 Å². The summed E-state index contributed by atoms with van der Waals surface area (Å²) in [6, 6.07) is 11.0. The van der Waals surface area contributed by atoms with Gasteiger partial charge in [-0.2, -0.15) is 0 Å². The van der Waals surface area contributed by atoms with E-state index in [1.54, 1.807) is 25.5 Å². The predicted octanol–water partition coefficient (Wildman–Crippen LogP) is 3.82. The number of aromatic hydroxyl groups is 1. The highest BCUT2D eigenvalue weighted by molar-refractivity contribution is 5.95. The number of phenolic OH excluding ortho intramolecular Hbond substituents is 1. The summed E-state index contributed by atoms with van der Waals surface area (Å²) in [6.45, 7) is 0. The lowest BCUT2D eigenvalue weighted by Gasteiger charge is -2.04. The van der Waals surface area contributed by atoms with E-state index in [1.807, 2.05) is 24.3 Å². The van der Waals surface area contributed by atoms with Crippen LogP contribution in [0.3, 0.4) is 0 Å². The molecule has 0 spiro atoms. The topological polar surface area (TPSA) is 51.8 Å². The molecule has 0 aliphatic rings. The van der Waals surface area contributed by atoms with Crippen LogP contribution in [-0.2, 0) is 0 Å². The van der Waals surface area contributed by atoms with Gasteiger partial charge in [0.15, 0.2) is 11.5 Å². The molecule has 3 rings (SSSR count). The van der Waals surface area contributed by atoms with E-state index in [0.29, 0.717) is 11.3 Å². The highest BCUT2D eigenvalue weighted by Crippen LogP contribution is 2.38. The van der Waals surface area contributed by atoms with Gasteiger partial charge in [-0.15, -0.1) is 0 Å². The van der Waals surface area contributed by atoms with Gasteiger partial charge in [0.2, 0.25) is 0 Å². The third kappa shape index (κ3) is 1.95. The van der Waals surface area contributed by atoms with E-state index >= 15 is 0 Å². The minimum atomic E-state index is 0.0937. The number of furan rings is 1. The van der Waals surface area contributed by atoms with Crippen LogP contribution >= 0.6 is 0 Å². The quantitative estimate of drug-likeness (QED) is 0.786. The third-order valence-electron chi connectivity index (χ3n) is 3.28. The van der Waals surface area contributed by atoms with Crippen LogP contribution in [0.25, 0.3) is 22.1 Å². The molecule has 0 fully saturated rings. The number of rotatable bonds is 3. The second-order valence-electron chi connectivity index (χ2n) is 4.40. The van der Waals surface area contributed by atoms with Crippen molar-refractivity contribution in [2.24, 2.45) is 0 Å². The van der Waals surface area contributed by atoms with Crippen molar-refractivity contribution in [3.63, 3.8) is 0 Å². The minimum absolute atomic E-state index is 0.0937. The Kier molecular flexibility index (Phi) is 2.99. The highest BCUT2D eigenvalue weighted by Gasteiger charge is 2.12. The molecule has 1 aromatic heterocycles. The standard InChI is InChI=1S/C16H14O4/c1-18-11-5-3-10(4-6-11)13-9-20-15-8-16(19-2)14(17)7-12(13)15/h3-9,17H,1-2H3. The molecule has 102 valence electrons. The molecule has 2 aromatic carbocycles. The molecule has 1 N–H and O–H groups in total. The van der Waals surface area contributed by atoms with Crippen LogP contribution in [-0.4, -0.2) is 19.3 Å². The van der Waals surface area contributed by atoms with Crippen molar-refractivity contribution in [1.29, 1.82) is 0 Å². The maximum absolute atomic E-state index is 9.89. The van der Waals surface area contributed by atoms with Crippen LogP contribution in [0.2, 0.25) is 0 Å². The van der Waals surface area contributed by atoms with Gasteiger partial charge in [0.1, 0.15) is 11.3 Å². The van der Waals surface area contributed by atoms with Crippen molar-refractivity contribution >= 4 is 11.0 Å². The lowest BCUT2D eigenvalue weighted by atomic mass is 10.0. The van der Waals surface area contributed by atoms with Gasteiger partial charge in [-0.05, 0) is 23.8 Å². The van der Waals surface area contributed by atoms with Gasteiger partial charge in [0.25, 0.3) is 0 Å². The molecular weight excluding hydrogens is 256 g/mol. The summed E-state index contributed by atoms with van der Waals surface area (Å²) in [7, 11) is 3.14. The molecule has 0 aliphatic heterocycles. The normalized spacial score (nSPS) is 10.7. The second kappa shape index (κ2) is 4.81. The largest absolute Gasteiger partial charge is 0.504 e. The number of fused-ring (bicyclic) bond motifs is 1. The summed E-state index contributed by atoms with van der Waals surface area (Å²) in [4.78, 5) is 0. The number of methoxy groups -OCH3 is 2. The van der Waals surface area contributed by atoms with Crippen LogP contribution in [0.4, 0.5) is 0 Å². The number of hydrogen-bond acceptors (Lipinski definition) is 4. The van der Waals surface area contributed by atoms with Gasteiger partial charge in [-0.25, -0.2) is 0 Å². The molecule has 0 bridgehead atoms. The Balaban J connectivity index is 2.13. The zero-order valence-electron chi connectivity index (χ0n) is 11.2. The number of phenols is 1. The van der Waals surface area contributed by atoms with E-state index in [9.17, 15) is 5.11 Å². The molecule has 0 saturated heterocycles. The number of hydrogen-bond donors (Lipinski definition) is 1. The Morgan fingerprint density at radius 3 is 2.40 bits per heavy atom. The first-order valence-corrected chi connectivity index (χ1v) is 6.15. The molecule has 0 unspecified atom stereocenters. The summed E-state index contributed by atoms with van der Waals surface area (Å²) in [6.07, 6.45) is 1.67. The van der Waals surface area contributed by atoms with Gasteiger partial charge in [0.05, 0.1) is 20.5 Å². The first kappa shape index (κ1) is 12.4. The van der Waals surface area contributed by atoms with E-state index in [0.717, 1.165) is 22.3 Å². The van der Waals surface area contributed by atoms with Crippen LogP contribution in [0.15, 0.2) is 47.1 Å². The van der Waals surface area contributed by atoms with E-state index < -0.39 is 0 Å². The molecule has 0 saturated carbocycles. The average Bonchev–Trinajstić information content (AvgIpc) is 2.89. The Labute approximate surface area is 116 Å².